The fourth-order valence-electron chi connectivity index (χ4n) is 0.898. The molecule has 18 heavy (non-hydrogen) atoms. The second kappa shape index (κ2) is 7.31. The largest absolute Gasteiger partial charge is 0.482 e. The van der Waals surface area contributed by atoms with Crippen LogP contribution in [-0.4, -0.2) is 23.2 Å². The van der Waals surface area contributed by atoms with Crippen molar-refractivity contribution in [3.63, 3.8) is 0 Å². The molecule has 2 N–H and O–H groups in total. The zero-order valence-electron chi connectivity index (χ0n) is 9.49. The van der Waals surface area contributed by atoms with Gasteiger partial charge in [0, 0.05) is 5.69 Å². The van der Waals surface area contributed by atoms with E-state index in [0.717, 1.165) is 0 Å². The number of nitrogens with one attached hydrogen (secondary N) is 1. The van der Waals surface area contributed by atoms with Gasteiger partial charge in [-0.2, -0.15) is 13.2 Å². The number of hydrogen-bond donors (Lipinski definition) is 2. The van der Waals surface area contributed by atoms with Crippen LogP contribution in [0.3, 0.4) is 0 Å². The summed E-state index contributed by atoms with van der Waals surface area (Å²) in [4.78, 5) is 19.5. The maximum Gasteiger partial charge on any atom is 0.482 e. The van der Waals surface area contributed by atoms with Gasteiger partial charge in [0.2, 0.25) is 0 Å². The summed E-state index contributed by atoms with van der Waals surface area (Å²) >= 11 is 0. The highest BCUT2D eigenvalue weighted by Crippen LogP contribution is 2.18. The van der Waals surface area contributed by atoms with Gasteiger partial charge in [-0.25, -0.2) is 0 Å². The Morgan fingerprint density at radius 1 is 1.22 bits per heavy atom. The molecule has 0 atom stereocenters. The summed E-state index contributed by atoms with van der Waals surface area (Å²) in [6.45, 7) is 1.24. The van der Waals surface area contributed by atoms with E-state index in [2.05, 4.69) is 0 Å². The van der Waals surface area contributed by atoms with Crippen LogP contribution in [0.15, 0.2) is 30.3 Å². The van der Waals surface area contributed by atoms with Gasteiger partial charge in [-0.3, -0.25) is 14.9 Å². The van der Waals surface area contributed by atoms with E-state index in [1.54, 1.807) is 6.07 Å². The van der Waals surface area contributed by atoms with Crippen molar-refractivity contribution in [2.24, 2.45) is 0 Å². The highest BCUT2D eigenvalue weighted by Gasteiger charge is 2.26. The van der Waals surface area contributed by atoms with Crippen LogP contribution in [0.25, 0.3) is 0 Å². The van der Waals surface area contributed by atoms with Gasteiger partial charge in [0.05, 0.1) is 0 Å². The fourth-order valence-corrected chi connectivity index (χ4v) is 0.898. The molecule has 0 amide bonds. The quantitative estimate of drug-likeness (QED) is 0.650. The van der Waals surface area contributed by atoms with Crippen LogP contribution in [0.2, 0.25) is 0 Å². The molecular weight excluding hydrogens is 251 g/mol. The van der Waals surface area contributed by atoms with Crippen LogP contribution in [0.4, 0.5) is 18.9 Å². The Morgan fingerprint density at radius 2 is 1.72 bits per heavy atom. The molecular formula is C11H12F3NO3. The number of alkyl halides is 3. The average molecular weight is 263 g/mol. The lowest BCUT2D eigenvalue weighted by Gasteiger charge is -2.08. The number of halogens is 3. The molecule has 0 heterocycles. The maximum absolute atomic E-state index is 11.6. The molecule has 0 bridgehead atoms. The van der Waals surface area contributed by atoms with E-state index in [0.29, 0.717) is 0 Å². The van der Waals surface area contributed by atoms with E-state index in [-0.39, 0.29) is 17.9 Å². The van der Waals surface area contributed by atoms with Crippen LogP contribution in [0.5, 0.6) is 0 Å². The molecule has 1 rings (SSSR count). The van der Waals surface area contributed by atoms with E-state index in [1.807, 2.05) is 0 Å². The van der Waals surface area contributed by atoms with Crippen molar-refractivity contribution in [1.29, 1.82) is 0 Å². The van der Waals surface area contributed by atoms with Gasteiger partial charge in [-0.05, 0) is 19.1 Å². The summed E-state index contributed by atoms with van der Waals surface area (Å²) in [5.41, 5.74) is 0.0556. The fraction of sp³-hybridized carbons (Fsp3) is 0.273. The maximum atomic E-state index is 11.6. The lowest BCUT2D eigenvalue weighted by molar-refractivity contribution is -0.139. The first-order chi connectivity index (χ1) is 8.20. The SMILES string of the molecule is CC(=O)CC(=O)O.FC(F)(F)Nc1ccccc1. The Hall–Kier alpha value is -2.05. The van der Waals surface area contributed by atoms with Crippen LogP contribution in [-0.2, 0) is 9.59 Å². The molecule has 0 aromatic heterocycles. The van der Waals surface area contributed by atoms with Crippen LogP contribution >= 0.6 is 0 Å². The second-order valence-electron chi connectivity index (χ2n) is 3.26. The van der Waals surface area contributed by atoms with Crippen molar-refractivity contribution in [2.75, 3.05) is 5.32 Å². The first kappa shape index (κ1) is 16.0. The van der Waals surface area contributed by atoms with Crippen molar-refractivity contribution in [2.45, 2.75) is 19.6 Å². The van der Waals surface area contributed by atoms with Gasteiger partial charge in [0.1, 0.15) is 12.2 Å². The van der Waals surface area contributed by atoms with Gasteiger partial charge in [0.15, 0.2) is 0 Å². The number of carboxylic acids is 1. The molecule has 4 nitrogen and oxygen atoms in total. The van der Waals surface area contributed by atoms with Gasteiger partial charge in [0.25, 0.3) is 0 Å². The Bertz CT molecular complexity index is 378. The molecule has 0 aliphatic heterocycles. The number of carboxylic acid groups (broad SMARTS) is 1. The zero-order valence-corrected chi connectivity index (χ0v) is 9.49. The first-order valence-electron chi connectivity index (χ1n) is 4.82. The molecule has 7 heteroatoms. The summed E-state index contributed by atoms with van der Waals surface area (Å²) in [6, 6.07) is 7.44. The molecule has 100 valence electrons. The third-order valence-corrected chi connectivity index (χ3v) is 1.46. The predicted molar refractivity (Wildman–Crippen MR) is 59.1 cm³/mol. The minimum absolute atomic E-state index is 0.0556. The van der Waals surface area contributed by atoms with Crippen molar-refractivity contribution in [3.05, 3.63) is 30.3 Å². The lowest BCUT2D eigenvalue weighted by Crippen LogP contribution is -2.20. The summed E-state index contributed by atoms with van der Waals surface area (Å²) in [5.74, 6) is -1.37. The van der Waals surface area contributed by atoms with Crippen LogP contribution in [0, 0.1) is 0 Å². The normalized spacial score (nSPS) is 10.0. The Balaban J connectivity index is 0.000000360. The summed E-state index contributed by atoms with van der Waals surface area (Å²) in [5, 5.41) is 9.24. The molecule has 0 spiro atoms. The number of rotatable bonds is 3. The number of para-hydroxylation sites is 1. The van der Waals surface area contributed by atoms with E-state index in [9.17, 15) is 22.8 Å². The molecule has 0 saturated carbocycles. The third-order valence-electron chi connectivity index (χ3n) is 1.46. The number of ketones is 1. The third kappa shape index (κ3) is 10.5. The number of carbonyl (C=O) groups excluding carboxylic acids is 1. The average Bonchev–Trinajstić information content (AvgIpc) is 2.14. The van der Waals surface area contributed by atoms with E-state index < -0.39 is 12.3 Å². The van der Waals surface area contributed by atoms with E-state index in [1.165, 1.54) is 36.5 Å². The number of benzene rings is 1. The Labute approximate surface area is 101 Å². The highest BCUT2D eigenvalue weighted by molar-refractivity contribution is 5.93. The monoisotopic (exact) mass is 263 g/mol. The van der Waals surface area contributed by atoms with Gasteiger partial charge >= 0.3 is 12.3 Å². The molecule has 0 aliphatic carbocycles. The smallest absolute Gasteiger partial charge is 0.481 e. The zero-order chi connectivity index (χ0) is 14.2. The van der Waals surface area contributed by atoms with Crippen molar-refractivity contribution >= 4 is 17.4 Å². The molecule has 0 fully saturated rings. The van der Waals surface area contributed by atoms with Crippen molar-refractivity contribution in [3.8, 4) is 0 Å². The summed E-state index contributed by atoms with van der Waals surface area (Å²) < 4.78 is 34.9. The van der Waals surface area contributed by atoms with Gasteiger partial charge in [-0.1, -0.05) is 18.2 Å². The minimum Gasteiger partial charge on any atom is -0.481 e. The molecule has 0 aliphatic rings. The highest BCUT2D eigenvalue weighted by atomic mass is 19.4. The van der Waals surface area contributed by atoms with Crippen molar-refractivity contribution in [1.82, 2.24) is 0 Å². The number of hydrogen-bond acceptors (Lipinski definition) is 3. The number of carbonyl (C=O) groups is 2. The topological polar surface area (TPSA) is 66.4 Å². The number of aliphatic carboxylic acids is 1. The van der Waals surface area contributed by atoms with Crippen molar-refractivity contribution < 1.29 is 27.9 Å². The standard InChI is InChI=1S/C7H6F3N.C4H6O3/c8-7(9,10)11-6-4-2-1-3-5-6;1-3(5)2-4(6)7/h1-5,11H;2H2,1H3,(H,6,7). The Kier molecular flexibility index (Phi) is 6.48. The van der Waals surface area contributed by atoms with Crippen LogP contribution in [0.1, 0.15) is 13.3 Å². The minimum atomic E-state index is -4.35. The number of anilines is 1. The predicted octanol–water partition coefficient (Wildman–Crippen LogP) is 2.67. The van der Waals surface area contributed by atoms with E-state index in [4.69, 9.17) is 5.11 Å². The van der Waals surface area contributed by atoms with E-state index >= 15 is 0 Å². The van der Waals surface area contributed by atoms with Crippen LogP contribution < -0.4 is 5.32 Å². The second-order valence-corrected chi connectivity index (χ2v) is 3.26. The number of Topliss-reactive ketones (excluding diaryl/α,β-unsaturated/α-hetero) is 1. The molecule has 1 aromatic carbocycles. The van der Waals surface area contributed by atoms with Gasteiger partial charge in [-0.15, -0.1) is 0 Å². The first-order valence-corrected chi connectivity index (χ1v) is 4.82. The Morgan fingerprint density at radius 3 is 2.00 bits per heavy atom. The molecule has 0 saturated heterocycles. The summed E-state index contributed by atoms with van der Waals surface area (Å²) in [6.07, 6.45) is -4.71. The summed E-state index contributed by atoms with van der Waals surface area (Å²) in [7, 11) is 0. The van der Waals surface area contributed by atoms with Gasteiger partial charge < -0.3 is 5.11 Å². The molecule has 1 aromatic rings. The molecule has 0 unspecified atom stereocenters. The molecule has 0 radical (unpaired) electrons. The lowest BCUT2D eigenvalue weighted by atomic mass is 10.3.